The van der Waals surface area contributed by atoms with Gasteiger partial charge >= 0.3 is 0 Å². The third-order valence-electron chi connectivity index (χ3n) is 3.98. The zero-order chi connectivity index (χ0) is 13.0. The molecule has 0 aliphatic heterocycles. The lowest BCUT2D eigenvalue weighted by Crippen LogP contribution is -2.26. The lowest BCUT2D eigenvalue weighted by molar-refractivity contribution is 0.248. The van der Waals surface area contributed by atoms with Crippen molar-refractivity contribution in [2.45, 2.75) is 38.6 Å². The van der Waals surface area contributed by atoms with Gasteiger partial charge in [-0.05, 0) is 48.9 Å². The molecule has 0 aromatic heterocycles. The van der Waals surface area contributed by atoms with E-state index in [2.05, 4.69) is 46.4 Å². The van der Waals surface area contributed by atoms with E-state index in [1.54, 1.807) is 0 Å². The summed E-state index contributed by atoms with van der Waals surface area (Å²) in [6, 6.07) is 6.97. The van der Waals surface area contributed by atoms with Gasteiger partial charge in [0.25, 0.3) is 0 Å². The summed E-state index contributed by atoms with van der Waals surface area (Å²) >= 11 is 3.63. The van der Waals surface area contributed by atoms with Crippen molar-refractivity contribution in [3.8, 4) is 0 Å². The Hall–Kier alpha value is -0.380. The highest BCUT2D eigenvalue weighted by Gasteiger charge is 2.23. The predicted octanol–water partition coefficient (Wildman–Crippen LogP) is 3.43. The standard InChI is InChI=1S/C15H22BrNO/c1-2-11(8-9-18)10-17-15-7-6-12-13(15)4-3-5-14(12)16/h3-5,11,15,17-18H,2,6-10H2,1H3. The van der Waals surface area contributed by atoms with E-state index in [-0.39, 0.29) is 0 Å². The summed E-state index contributed by atoms with van der Waals surface area (Å²) in [5.74, 6) is 0.589. The van der Waals surface area contributed by atoms with E-state index in [0.29, 0.717) is 18.6 Å². The van der Waals surface area contributed by atoms with Crippen LogP contribution in [0.2, 0.25) is 0 Å². The molecule has 0 spiro atoms. The van der Waals surface area contributed by atoms with Gasteiger partial charge in [0, 0.05) is 17.1 Å². The molecule has 2 rings (SSSR count). The average Bonchev–Trinajstić information content (AvgIpc) is 2.79. The molecular weight excluding hydrogens is 290 g/mol. The van der Waals surface area contributed by atoms with Crippen molar-refractivity contribution in [1.29, 1.82) is 0 Å². The molecule has 18 heavy (non-hydrogen) atoms. The van der Waals surface area contributed by atoms with E-state index in [4.69, 9.17) is 5.11 Å². The van der Waals surface area contributed by atoms with Crippen LogP contribution in [0.3, 0.4) is 0 Å². The van der Waals surface area contributed by atoms with Crippen molar-refractivity contribution in [3.05, 3.63) is 33.8 Å². The Balaban J connectivity index is 1.95. The number of benzene rings is 1. The summed E-state index contributed by atoms with van der Waals surface area (Å²) in [6.07, 6.45) is 4.38. The number of hydrogen-bond acceptors (Lipinski definition) is 2. The topological polar surface area (TPSA) is 32.3 Å². The average molecular weight is 312 g/mol. The Bertz CT molecular complexity index is 394. The molecule has 0 saturated carbocycles. The van der Waals surface area contributed by atoms with Gasteiger partial charge in [0.2, 0.25) is 0 Å². The van der Waals surface area contributed by atoms with Crippen LogP contribution in [0, 0.1) is 5.92 Å². The summed E-state index contributed by atoms with van der Waals surface area (Å²) in [7, 11) is 0. The summed E-state index contributed by atoms with van der Waals surface area (Å²) in [4.78, 5) is 0. The van der Waals surface area contributed by atoms with E-state index in [0.717, 1.165) is 25.8 Å². The van der Waals surface area contributed by atoms with Crippen LogP contribution in [-0.4, -0.2) is 18.3 Å². The molecule has 0 radical (unpaired) electrons. The van der Waals surface area contributed by atoms with Gasteiger partial charge in [-0.25, -0.2) is 0 Å². The number of aliphatic hydroxyl groups excluding tert-OH is 1. The van der Waals surface area contributed by atoms with E-state index in [9.17, 15) is 0 Å². The van der Waals surface area contributed by atoms with E-state index >= 15 is 0 Å². The fourth-order valence-electron chi connectivity index (χ4n) is 2.76. The van der Waals surface area contributed by atoms with Crippen LogP contribution in [0.1, 0.15) is 43.4 Å². The number of hydrogen-bond donors (Lipinski definition) is 2. The number of halogens is 1. The Morgan fingerprint density at radius 3 is 3.06 bits per heavy atom. The zero-order valence-corrected chi connectivity index (χ0v) is 12.5. The molecule has 1 aromatic carbocycles. The maximum absolute atomic E-state index is 9.02. The summed E-state index contributed by atoms with van der Waals surface area (Å²) in [6.45, 7) is 3.50. The second-order valence-corrected chi connectivity index (χ2v) is 5.95. The molecule has 0 heterocycles. The number of nitrogens with one attached hydrogen (secondary N) is 1. The Labute approximate surface area is 118 Å². The fourth-order valence-corrected chi connectivity index (χ4v) is 3.34. The minimum atomic E-state index is 0.299. The van der Waals surface area contributed by atoms with Crippen LogP contribution in [0.25, 0.3) is 0 Å². The SMILES string of the molecule is CCC(CCO)CNC1CCc2c(Br)cccc21. The summed E-state index contributed by atoms with van der Waals surface area (Å²) in [5, 5.41) is 12.7. The van der Waals surface area contributed by atoms with Gasteiger partial charge in [0.15, 0.2) is 0 Å². The maximum atomic E-state index is 9.02. The van der Waals surface area contributed by atoms with Gasteiger partial charge < -0.3 is 10.4 Å². The van der Waals surface area contributed by atoms with Crippen molar-refractivity contribution < 1.29 is 5.11 Å². The van der Waals surface area contributed by atoms with Crippen molar-refractivity contribution in [2.75, 3.05) is 13.2 Å². The Morgan fingerprint density at radius 1 is 1.50 bits per heavy atom. The Kier molecular flexibility index (Phi) is 5.22. The first-order chi connectivity index (χ1) is 8.76. The minimum Gasteiger partial charge on any atom is -0.396 e. The highest BCUT2D eigenvalue weighted by Crippen LogP contribution is 2.35. The first-order valence-corrected chi connectivity index (χ1v) is 7.67. The van der Waals surface area contributed by atoms with Gasteiger partial charge in [-0.3, -0.25) is 0 Å². The largest absolute Gasteiger partial charge is 0.396 e. The molecule has 2 unspecified atom stereocenters. The summed E-state index contributed by atoms with van der Waals surface area (Å²) < 4.78 is 1.24. The third-order valence-corrected chi connectivity index (χ3v) is 4.72. The monoisotopic (exact) mass is 311 g/mol. The smallest absolute Gasteiger partial charge is 0.0434 e. The van der Waals surface area contributed by atoms with E-state index in [1.165, 1.54) is 22.0 Å². The van der Waals surface area contributed by atoms with E-state index in [1.807, 2.05) is 0 Å². The number of fused-ring (bicyclic) bond motifs is 1. The Morgan fingerprint density at radius 2 is 2.33 bits per heavy atom. The van der Waals surface area contributed by atoms with Crippen molar-refractivity contribution in [1.82, 2.24) is 5.32 Å². The first-order valence-electron chi connectivity index (χ1n) is 6.87. The molecule has 1 aliphatic rings. The van der Waals surface area contributed by atoms with Gasteiger partial charge in [-0.1, -0.05) is 41.4 Å². The van der Waals surface area contributed by atoms with Crippen molar-refractivity contribution >= 4 is 15.9 Å². The van der Waals surface area contributed by atoms with Crippen LogP contribution in [0.5, 0.6) is 0 Å². The lowest BCUT2D eigenvalue weighted by Gasteiger charge is -2.19. The molecule has 1 aliphatic carbocycles. The molecular formula is C15H22BrNO. The number of aliphatic hydroxyl groups is 1. The molecule has 2 N–H and O–H groups in total. The molecule has 2 nitrogen and oxygen atoms in total. The molecule has 3 heteroatoms. The molecule has 0 saturated heterocycles. The van der Waals surface area contributed by atoms with Crippen LogP contribution >= 0.6 is 15.9 Å². The molecule has 2 atom stereocenters. The first kappa shape index (κ1) is 14.0. The van der Waals surface area contributed by atoms with Crippen LogP contribution in [0.4, 0.5) is 0 Å². The van der Waals surface area contributed by atoms with Crippen molar-refractivity contribution in [2.24, 2.45) is 5.92 Å². The van der Waals surface area contributed by atoms with Crippen LogP contribution in [-0.2, 0) is 6.42 Å². The van der Waals surface area contributed by atoms with Crippen LogP contribution in [0.15, 0.2) is 22.7 Å². The summed E-state index contributed by atoms with van der Waals surface area (Å²) in [5.41, 5.74) is 2.91. The maximum Gasteiger partial charge on any atom is 0.0434 e. The highest BCUT2D eigenvalue weighted by atomic mass is 79.9. The third kappa shape index (κ3) is 3.14. The quantitative estimate of drug-likeness (QED) is 0.843. The molecule has 100 valence electrons. The minimum absolute atomic E-state index is 0.299. The molecule has 0 fully saturated rings. The lowest BCUT2D eigenvalue weighted by atomic mass is 10.0. The molecule has 1 aromatic rings. The second-order valence-electron chi connectivity index (χ2n) is 5.09. The van der Waals surface area contributed by atoms with Gasteiger partial charge in [-0.2, -0.15) is 0 Å². The zero-order valence-electron chi connectivity index (χ0n) is 11.0. The second kappa shape index (κ2) is 6.69. The number of rotatable bonds is 6. The van der Waals surface area contributed by atoms with Gasteiger partial charge in [0.05, 0.1) is 0 Å². The van der Waals surface area contributed by atoms with Gasteiger partial charge in [0.1, 0.15) is 0 Å². The normalized spacial score (nSPS) is 19.8. The molecule has 0 bridgehead atoms. The highest BCUT2D eigenvalue weighted by molar-refractivity contribution is 9.10. The molecule has 0 amide bonds. The van der Waals surface area contributed by atoms with Crippen LogP contribution < -0.4 is 5.32 Å². The van der Waals surface area contributed by atoms with Crippen molar-refractivity contribution in [3.63, 3.8) is 0 Å². The predicted molar refractivity (Wildman–Crippen MR) is 78.7 cm³/mol. The fraction of sp³-hybridized carbons (Fsp3) is 0.600. The van der Waals surface area contributed by atoms with E-state index < -0.39 is 0 Å². The van der Waals surface area contributed by atoms with Gasteiger partial charge in [-0.15, -0.1) is 0 Å².